The van der Waals surface area contributed by atoms with E-state index in [9.17, 15) is 0 Å². The van der Waals surface area contributed by atoms with Crippen LogP contribution < -0.4 is 5.32 Å². The molecule has 0 bridgehead atoms. The largest absolute Gasteiger partial charge is 0.315 e. The first-order valence-electron chi connectivity index (χ1n) is 7.69. The third-order valence-corrected chi connectivity index (χ3v) is 3.86. The summed E-state index contributed by atoms with van der Waals surface area (Å²) in [6.07, 6.45) is 5.96. The highest BCUT2D eigenvalue weighted by atomic mass is 15.3. The van der Waals surface area contributed by atoms with Gasteiger partial charge in [-0.25, -0.2) is 0 Å². The number of nitrogens with one attached hydrogen (secondary N) is 1. The number of nitrogens with zero attached hydrogens (tertiary/aromatic N) is 3. The lowest BCUT2D eigenvalue weighted by molar-refractivity contribution is 0.236. The second-order valence-electron chi connectivity index (χ2n) is 5.85. The van der Waals surface area contributed by atoms with Crippen LogP contribution in [0.1, 0.15) is 51.8 Å². The molecule has 1 aliphatic rings. The zero-order chi connectivity index (χ0) is 13.7. The molecule has 4 nitrogen and oxygen atoms in total. The summed E-state index contributed by atoms with van der Waals surface area (Å²) >= 11 is 0. The predicted molar refractivity (Wildman–Crippen MR) is 79.2 cm³/mol. The summed E-state index contributed by atoms with van der Waals surface area (Å²) in [4.78, 5) is 2.58. The fourth-order valence-corrected chi connectivity index (χ4v) is 2.74. The third kappa shape index (κ3) is 4.05. The lowest BCUT2D eigenvalue weighted by Crippen LogP contribution is -2.37. The molecule has 1 fully saturated rings. The molecule has 0 aliphatic carbocycles. The first kappa shape index (κ1) is 14.5. The smallest absolute Gasteiger partial charge is 0.0765 e. The van der Waals surface area contributed by atoms with E-state index in [1.807, 2.05) is 0 Å². The van der Waals surface area contributed by atoms with Crippen LogP contribution in [0.25, 0.3) is 0 Å². The lowest BCUT2D eigenvalue weighted by Gasteiger charge is -2.23. The fourth-order valence-electron chi connectivity index (χ4n) is 2.74. The van der Waals surface area contributed by atoms with Gasteiger partial charge in [0.2, 0.25) is 0 Å². The minimum absolute atomic E-state index is 0.453. The fraction of sp³-hybridized carbons (Fsp3) is 0.800. The molecular weight excluding hydrogens is 236 g/mol. The molecule has 1 aromatic heterocycles. The summed E-state index contributed by atoms with van der Waals surface area (Å²) in [5.41, 5.74) is 1.20. The van der Waals surface area contributed by atoms with E-state index in [2.05, 4.69) is 53.0 Å². The highest BCUT2D eigenvalue weighted by Crippen LogP contribution is 2.19. The third-order valence-electron chi connectivity index (χ3n) is 3.86. The summed E-state index contributed by atoms with van der Waals surface area (Å²) in [5, 5.41) is 8.21. The molecule has 1 aliphatic heterocycles. The normalized spacial score (nSPS) is 20.5. The van der Waals surface area contributed by atoms with E-state index in [4.69, 9.17) is 0 Å². The summed E-state index contributed by atoms with van der Waals surface area (Å²) < 4.78 is 2.05. The van der Waals surface area contributed by atoms with Gasteiger partial charge in [0.05, 0.1) is 5.69 Å². The molecule has 1 N–H and O–H groups in total. The van der Waals surface area contributed by atoms with Gasteiger partial charge in [-0.3, -0.25) is 9.58 Å². The summed E-state index contributed by atoms with van der Waals surface area (Å²) in [7, 11) is 0. The average molecular weight is 264 g/mol. The Kier molecular flexibility index (Phi) is 5.40. The average Bonchev–Trinajstić information content (AvgIpc) is 3.00. The van der Waals surface area contributed by atoms with E-state index in [0.29, 0.717) is 12.1 Å². The molecule has 1 aromatic rings. The van der Waals surface area contributed by atoms with Gasteiger partial charge in [0.1, 0.15) is 0 Å². The van der Waals surface area contributed by atoms with E-state index >= 15 is 0 Å². The maximum atomic E-state index is 4.66. The molecule has 0 saturated carbocycles. The molecule has 108 valence electrons. The zero-order valence-electron chi connectivity index (χ0n) is 12.6. The van der Waals surface area contributed by atoms with Crippen LogP contribution in [0.5, 0.6) is 0 Å². The lowest BCUT2D eigenvalue weighted by atomic mass is 10.2. The maximum Gasteiger partial charge on any atom is 0.0765 e. The number of aromatic nitrogens is 2. The van der Waals surface area contributed by atoms with Gasteiger partial charge in [-0.05, 0) is 52.3 Å². The molecule has 2 heterocycles. The molecular formula is C15H28N4. The van der Waals surface area contributed by atoms with Crippen LogP contribution in [0.15, 0.2) is 12.3 Å². The number of rotatable bonds is 7. The van der Waals surface area contributed by atoms with E-state index < -0.39 is 0 Å². The van der Waals surface area contributed by atoms with Crippen molar-refractivity contribution in [2.45, 2.75) is 58.7 Å². The number of hydrogen-bond acceptors (Lipinski definition) is 3. The Bertz CT molecular complexity index is 372. The topological polar surface area (TPSA) is 33.1 Å². The van der Waals surface area contributed by atoms with Crippen LogP contribution in [-0.4, -0.2) is 40.4 Å². The molecule has 1 saturated heterocycles. The van der Waals surface area contributed by atoms with Crippen molar-refractivity contribution in [3.8, 4) is 0 Å². The molecule has 1 atom stereocenters. The number of hydrogen-bond donors (Lipinski definition) is 1. The highest BCUT2D eigenvalue weighted by molar-refractivity contribution is 5.01. The Labute approximate surface area is 117 Å². The Morgan fingerprint density at radius 3 is 3.00 bits per heavy atom. The molecule has 4 heteroatoms. The van der Waals surface area contributed by atoms with E-state index in [0.717, 1.165) is 19.6 Å². The van der Waals surface area contributed by atoms with Crippen molar-refractivity contribution >= 4 is 0 Å². The van der Waals surface area contributed by atoms with Crippen LogP contribution in [0.4, 0.5) is 0 Å². The van der Waals surface area contributed by atoms with Crippen molar-refractivity contribution in [1.82, 2.24) is 20.0 Å². The quantitative estimate of drug-likeness (QED) is 0.768. The molecule has 0 spiro atoms. The van der Waals surface area contributed by atoms with Crippen molar-refractivity contribution in [2.75, 3.05) is 19.6 Å². The Morgan fingerprint density at radius 1 is 1.47 bits per heavy atom. The van der Waals surface area contributed by atoms with Crippen LogP contribution >= 0.6 is 0 Å². The van der Waals surface area contributed by atoms with Gasteiger partial charge in [-0.1, -0.05) is 6.92 Å². The molecule has 2 rings (SSSR count). The SMILES string of the molecule is CCCNCC1CCCN1Cc1ccn(C(C)C)n1. The van der Waals surface area contributed by atoms with E-state index in [1.165, 1.54) is 31.5 Å². The molecule has 1 unspecified atom stereocenters. The van der Waals surface area contributed by atoms with Gasteiger partial charge in [-0.15, -0.1) is 0 Å². The molecule has 0 aromatic carbocycles. The van der Waals surface area contributed by atoms with Gasteiger partial charge < -0.3 is 5.32 Å². The predicted octanol–water partition coefficient (Wildman–Crippen LogP) is 2.43. The van der Waals surface area contributed by atoms with Crippen molar-refractivity contribution in [3.05, 3.63) is 18.0 Å². The standard InChI is InChI=1S/C15H28N4/c1-4-8-16-11-15-6-5-9-18(15)12-14-7-10-19(17-14)13(2)3/h7,10,13,15-16H,4-6,8-9,11-12H2,1-3H3. The Morgan fingerprint density at radius 2 is 2.32 bits per heavy atom. The van der Waals surface area contributed by atoms with Gasteiger partial charge in [0, 0.05) is 31.4 Å². The van der Waals surface area contributed by atoms with Crippen molar-refractivity contribution < 1.29 is 0 Å². The first-order chi connectivity index (χ1) is 9.20. The van der Waals surface area contributed by atoms with Crippen molar-refractivity contribution in [3.63, 3.8) is 0 Å². The molecule has 0 amide bonds. The van der Waals surface area contributed by atoms with E-state index in [-0.39, 0.29) is 0 Å². The van der Waals surface area contributed by atoms with Gasteiger partial charge in [0.15, 0.2) is 0 Å². The van der Waals surface area contributed by atoms with Crippen molar-refractivity contribution in [1.29, 1.82) is 0 Å². The number of likely N-dealkylation sites (tertiary alicyclic amines) is 1. The monoisotopic (exact) mass is 264 g/mol. The van der Waals surface area contributed by atoms with Gasteiger partial charge in [-0.2, -0.15) is 5.10 Å². The van der Waals surface area contributed by atoms with Crippen LogP contribution in [0.3, 0.4) is 0 Å². The summed E-state index contributed by atoms with van der Waals surface area (Å²) in [6, 6.07) is 3.31. The van der Waals surface area contributed by atoms with Crippen LogP contribution in [0, 0.1) is 0 Å². The second kappa shape index (κ2) is 7.06. The Balaban J connectivity index is 1.85. The van der Waals surface area contributed by atoms with Gasteiger partial charge in [0.25, 0.3) is 0 Å². The Hall–Kier alpha value is -0.870. The van der Waals surface area contributed by atoms with Crippen LogP contribution in [-0.2, 0) is 6.54 Å². The summed E-state index contributed by atoms with van der Waals surface area (Å²) in [5.74, 6) is 0. The van der Waals surface area contributed by atoms with Crippen LogP contribution in [0.2, 0.25) is 0 Å². The second-order valence-corrected chi connectivity index (χ2v) is 5.85. The highest BCUT2D eigenvalue weighted by Gasteiger charge is 2.24. The first-order valence-corrected chi connectivity index (χ1v) is 7.69. The molecule has 0 radical (unpaired) electrons. The van der Waals surface area contributed by atoms with Gasteiger partial charge >= 0.3 is 0 Å². The zero-order valence-corrected chi connectivity index (χ0v) is 12.6. The minimum Gasteiger partial charge on any atom is -0.315 e. The van der Waals surface area contributed by atoms with Crippen molar-refractivity contribution in [2.24, 2.45) is 0 Å². The maximum absolute atomic E-state index is 4.66. The minimum atomic E-state index is 0.453. The summed E-state index contributed by atoms with van der Waals surface area (Å²) in [6.45, 7) is 11.0. The molecule has 19 heavy (non-hydrogen) atoms. The van der Waals surface area contributed by atoms with E-state index in [1.54, 1.807) is 0 Å².